The molecule has 2 aliphatic rings. The van der Waals surface area contributed by atoms with E-state index in [4.69, 9.17) is 4.52 Å². The largest absolute Gasteiger partial charge is 0.507 e. The molecule has 1 aliphatic carbocycles. The van der Waals surface area contributed by atoms with Crippen LogP contribution in [0, 0.1) is 5.92 Å². The number of phenols is 1. The van der Waals surface area contributed by atoms with Crippen molar-refractivity contribution in [2.75, 3.05) is 18.0 Å². The zero-order chi connectivity index (χ0) is 29.0. The first-order valence-corrected chi connectivity index (χ1v) is 14.4. The highest BCUT2D eigenvalue weighted by Gasteiger charge is 2.34. The van der Waals surface area contributed by atoms with Crippen molar-refractivity contribution in [1.29, 1.82) is 0 Å². The van der Waals surface area contributed by atoms with Crippen LogP contribution in [0.5, 0.6) is 5.75 Å². The lowest BCUT2D eigenvalue weighted by Gasteiger charge is -2.19. The molecule has 7 rings (SSSR count). The van der Waals surface area contributed by atoms with Crippen molar-refractivity contribution in [2.45, 2.75) is 51.0 Å². The van der Waals surface area contributed by atoms with Crippen LogP contribution in [0.3, 0.4) is 0 Å². The van der Waals surface area contributed by atoms with Crippen molar-refractivity contribution in [2.24, 2.45) is 5.92 Å². The summed E-state index contributed by atoms with van der Waals surface area (Å²) in [5.41, 5.74) is 5.98. The number of rotatable bonds is 8. The minimum Gasteiger partial charge on any atom is -0.507 e. The van der Waals surface area contributed by atoms with Gasteiger partial charge >= 0.3 is 5.97 Å². The summed E-state index contributed by atoms with van der Waals surface area (Å²) in [6.07, 6.45) is 5.03. The van der Waals surface area contributed by atoms with Crippen LogP contribution >= 0.6 is 0 Å². The normalized spacial score (nSPS) is 17.8. The maximum atomic E-state index is 11.8. The third-order valence-corrected chi connectivity index (χ3v) is 8.46. The van der Waals surface area contributed by atoms with Gasteiger partial charge in [-0.1, -0.05) is 31.1 Å². The van der Waals surface area contributed by atoms with Gasteiger partial charge < -0.3 is 24.2 Å². The van der Waals surface area contributed by atoms with E-state index >= 15 is 0 Å². The number of anilines is 1. The molecular formula is C32H32N6O4. The predicted molar refractivity (Wildman–Crippen MR) is 157 cm³/mol. The number of para-hydroxylation sites is 1. The standard InChI is InChI=1S/C32H32N6O4/c1-18(2)31(32(40)41)29-16-23(36-42-29)19-9-11-33-30(13-19)37-12-10-20(17-37)26-15-25-27(38(26)21-7-8-21)14-24(34-35-25)22-5-3-4-6-28(22)39/h3-6,9,11,13-16,18,20-21,31,39H,7-8,10,12,17H2,1-2H3,(H,40,41)/t20-,31?/m1/s1. The molecule has 1 aromatic carbocycles. The number of carboxylic acid groups (broad SMARTS) is 1. The molecule has 5 heterocycles. The maximum Gasteiger partial charge on any atom is 0.314 e. The monoisotopic (exact) mass is 564 g/mol. The van der Waals surface area contributed by atoms with Gasteiger partial charge in [0, 0.05) is 54.1 Å². The first-order valence-electron chi connectivity index (χ1n) is 14.4. The molecule has 2 N–H and O–H groups in total. The molecule has 0 spiro atoms. The van der Waals surface area contributed by atoms with Crippen molar-refractivity contribution >= 4 is 22.8 Å². The van der Waals surface area contributed by atoms with Gasteiger partial charge in [0.2, 0.25) is 0 Å². The Morgan fingerprint density at radius 2 is 1.86 bits per heavy atom. The quantitative estimate of drug-likeness (QED) is 0.233. The van der Waals surface area contributed by atoms with Gasteiger partial charge in [-0.25, -0.2) is 4.98 Å². The highest BCUT2D eigenvalue weighted by Crippen LogP contribution is 2.44. The summed E-state index contributed by atoms with van der Waals surface area (Å²) < 4.78 is 7.91. The van der Waals surface area contributed by atoms with Gasteiger partial charge in [-0.05, 0) is 61.6 Å². The molecule has 0 amide bonds. The highest BCUT2D eigenvalue weighted by atomic mass is 16.5. The van der Waals surface area contributed by atoms with Gasteiger partial charge in [0.15, 0.2) is 5.76 Å². The van der Waals surface area contributed by atoms with E-state index in [1.54, 1.807) is 24.4 Å². The van der Waals surface area contributed by atoms with Crippen LogP contribution in [0.4, 0.5) is 5.82 Å². The predicted octanol–water partition coefficient (Wildman–Crippen LogP) is 6.01. The Kier molecular flexibility index (Phi) is 6.41. The summed E-state index contributed by atoms with van der Waals surface area (Å²) in [6, 6.07) is 17.5. The molecule has 5 aromatic rings. The Balaban J connectivity index is 1.16. The summed E-state index contributed by atoms with van der Waals surface area (Å²) in [7, 11) is 0. The summed E-state index contributed by atoms with van der Waals surface area (Å²) >= 11 is 0. The van der Waals surface area contributed by atoms with E-state index in [-0.39, 0.29) is 11.7 Å². The smallest absolute Gasteiger partial charge is 0.314 e. The number of fused-ring (bicyclic) bond motifs is 1. The lowest BCUT2D eigenvalue weighted by molar-refractivity contribution is -0.140. The van der Waals surface area contributed by atoms with E-state index in [1.807, 2.05) is 38.1 Å². The van der Waals surface area contributed by atoms with Crippen LogP contribution in [-0.4, -0.2) is 54.2 Å². The van der Waals surface area contributed by atoms with Gasteiger partial charge in [0.25, 0.3) is 0 Å². The number of hydrogen-bond acceptors (Lipinski definition) is 8. The number of aliphatic carboxylic acids is 1. The van der Waals surface area contributed by atoms with Gasteiger partial charge in [0.05, 0.1) is 11.2 Å². The average Bonchev–Trinajstić information content (AvgIpc) is 3.34. The zero-order valence-electron chi connectivity index (χ0n) is 23.5. The summed E-state index contributed by atoms with van der Waals surface area (Å²) in [5, 5.41) is 33.2. The Hall–Kier alpha value is -4.73. The van der Waals surface area contributed by atoms with Crippen molar-refractivity contribution in [1.82, 2.24) is 24.9 Å². The van der Waals surface area contributed by atoms with E-state index in [9.17, 15) is 15.0 Å². The second kappa shape index (κ2) is 10.3. The minimum atomic E-state index is -0.921. The fraction of sp³-hybridized carbons (Fsp3) is 0.344. The average molecular weight is 565 g/mol. The van der Waals surface area contributed by atoms with E-state index < -0.39 is 11.9 Å². The molecular weight excluding hydrogens is 532 g/mol. The molecule has 1 saturated carbocycles. The molecule has 2 fully saturated rings. The van der Waals surface area contributed by atoms with E-state index in [1.165, 1.54) is 5.69 Å². The highest BCUT2D eigenvalue weighted by molar-refractivity contribution is 5.82. The third kappa shape index (κ3) is 4.66. The fourth-order valence-electron chi connectivity index (χ4n) is 6.18. The number of hydrogen-bond donors (Lipinski definition) is 2. The number of pyridine rings is 1. The fourth-order valence-corrected chi connectivity index (χ4v) is 6.18. The van der Waals surface area contributed by atoms with Crippen molar-refractivity contribution in [3.8, 4) is 28.3 Å². The molecule has 10 nitrogen and oxygen atoms in total. The second-order valence-electron chi connectivity index (χ2n) is 11.7. The lowest BCUT2D eigenvalue weighted by atomic mass is 9.93. The first-order chi connectivity index (χ1) is 20.4. The summed E-state index contributed by atoms with van der Waals surface area (Å²) in [5.74, 6) is -0.0744. The topological polar surface area (TPSA) is 130 Å². The van der Waals surface area contributed by atoms with Crippen LogP contribution in [0.15, 0.2) is 65.3 Å². The molecule has 0 bridgehead atoms. The molecule has 2 atom stereocenters. The number of carbonyl (C=O) groups is 1. The number of nitrogens with zero attached hydrogens (tertiary/aromatic N) is 6. The Morgan fingerprint density at radius 1 is 1.02 bits per heavy atom. The molecule has 1 unspecified atom stereocenters. The van der Waals surface area contributed by atoms with Crippen LogP contribution in [0.2, 0.25) is 0 Å². The lowest BCUT2D eigenvalue weighted by Crippen LogP contribution is -2.21. The molecule has 1 saturated heterocycles. The second-order valence-corrected chi connectivity index (χ2v) is 11.7. The van der Waals surface area contributed by atoms with E-state index in [2.05, 4.69) is 41.9 Å². The van der Waals surface area contributed by atoms with Crippen molar-refractivity contribution in [3.05, 3.63) is 72.2 Å². The summed E-state index contributed by atoms with van der Waals surface area (Å²) in [6.45, 7) is 5.40. The van der Waals surface area contributed by atoms with Crippen LogP contribution in [0.25, 0.3) is 33.5 Å². The maximum absolute atomic E-state index is 11.8. The third-order valence-electron chi connectivity index (χ3n) is 8.46. The van der Waals surface area contributed by atoms with E-state index in [0.29, 0.717) is 34.7 Å². The number of benzene rings is 1. The Morgan fingerprint density at radius 3 is 2.62 bits per heavy atom. The first kappa shape index (κ1) is 26.2. The van der Waals surface area contributed by atoms with E-state index in [0.717, 1.165) is 54.8 Å². The molecule has 0 radical (unpaired) electrons. The van der Waals surface area contributed by atoms with Crippen LogP contribution < -0.4 is 4.90 Å². The van der Waals surface area contributed by atoms with Crippen molar-refractivity contribution < 1.29 is 19.5 Å². The zero-order valence-corrected chi connectivity index (χ0v) is 23.5. The number of aromatic hydroxyl groups is 1. The van der Waals surface area contributed by atoms with Gasteiger partial charge in [-0.2, -0.15) is 0 Å². The number of carboxylic acids is 1. The number of phenolic OH excluding ortho intramolecular Hbond substituents is 1. The van der Waals surface area contributed by atoms with Crippen molar-refractivity contribution in [3.63, 3.8) is 0 Å². The molecule has 1 aliphatic heterocycles. The van der Waals surface area contributed by atoms with Gasteiger partial charge in [-0.15, -0.1) is 10.2 Å². The Labute approximate surface area is 242 Å². The Bertz CT molecular complexity index is 1790. The van der Waals surface area contributed by atoms with Crippen LogP contribution in [0.1, 0.15) is 62.4 Å². The molecule has 4 aromatic heterocycles. The van der Waals surface area contributed by atoms with Gasteiger partial charge in [-0.3, -0.25) is 4.79 Å². The minimum absolute atomic E-state index is 0.118. The number of aromatic nitrogens is 5. The van der Waals surface area contributed by atoms with Gasteiger partial charge in [0.1, 0.15) is 28.7 Å². The van der Waals surface area contributed by atoms with Crippen LogP contribution in [-0.2, 0) is 4.79 Å². The SMILES string of the molecule is CC(C)C(C(=O)O)c1cc(-c2ccnc(N3CC[C@@H](c4cc5nnc(-c6ccccc6O)cc5n4C4CC4)C3)c2)no1. The molecule has 10 heteroatoms. The summed E-state index contributed by atoms with van der Waals surface area (Å²) in [4.78, 5) is 18.7. The molecule has 42 heavy (non-hydrogen) atoms. The molecule has 214 valence electrons.